The molecule has 3 nitrogen and oxygen atoms in total. The van der Waals surface area contributed by atoms with E-state index < -0.39 is 0 Å². The lowest BCUT2D eigenvalue weighted by molar-refractivity contribution is 0.638. The Hall–Kier alpha value is -1.64. The van der Waals surface area contributed by atoms with Gasteiger partial charge in [-0.3, -0.25) is 4.98 Å². The molecular formula is C13H16N3. The van der Waals surface area contributed by atoms with Gasteiger partial charge < -0.3 is 4.57 Å². The summed E-state index contributed by atoms with van der Waals surface area (Å²) in [4.78, 5) is 8.47. The molecule has 2 aromatic heterocycles. The minimum atomic E-state index is 0.994. The molecule has 0 spiro atoms. The SMILES string of the molecule is C[CH]CCCn1cnc(-c2cccnc2)c1. The normalized spacial score (nSPS) is 10.6. The average Bonchev–Trinajstić information content (AvgIpc) is 2.79. The van der Waals surface area contributed by atoms with Crippen LogP contribution in [0, 0.1) is 6.42 Å². The fraction of sp³-hybridized carbons (Fsp3) is 0.308. The van der Waals surface area contributed by atoms with E-state index in [-0.39, 0.29) is 0 Å². The van der Waals surface area contributed by atoms with Gasteiger partial charge in [-0.2, -0.15) is 0 Å². The summed E-state index contributed by atoms with van der Waals surface area (Å²) >= 11 is 0. The summed E-state index contributed by atoms with van der Waals surface area (Å²) in [6, 6.07) is 3.96. The molecule has 0 unspecified atom stereocenters. The molecule has 0 aliphatic rings. The average molecular weight is 214 g/mol. The van der Waals surface area contributed by atoms with Gasteiger partial charge >= 0.3 is 0 Å². The lowest BCUT2D eigenvalue weighted by Gasteiger charge is -1.99. The molecular weight excluding hydrogens is 198 g/mol. The molecule has 0 aliphatic heterocycles. The number of aromatic nitrogens is 3. The molecule has 0 fully saturated rings. The second kappa shape index (κ2) is 5.45. The van der Waals surface area contributed by atoms with Crippen molar-refractivity contribution in [1.82, 2.24) is 14.5 Å². The number of hydrogen-bond acceptors (Lipinski definition) is 2. The van der Waals surface area contributed by atoms with Crippen LogP contribution < -0.4 is 0 Å². The Morgan fingerprint density at radius 1 is 1.44 bits per heavy atom. The second-order valence-corrected chi connectivity index (χ2v) is 3.79. The minimum Gasteiger partial charge on any atom is -0.337 e. The summed E-state index contributed by atoms with van der Waals surface area (Å²) in [5.41, 5.74) is 2.07. The Kier molecular flexibility index (Phi) is 3.70. The van der Waals surface area contributed by atoms with Crippen molar-refractivity contribution in [2.75, 3.05) is 0 Å². The first-order valence-corrected chi connectivity index (χ1v) is 5.60. The highest BCUT2D eigenvalue weighted by Gasteiger charge is 2.01. The highest BCUT2D eigenvalue weighted by Crippen LogP contribution is 2.15. The van der Waals surface area contributed by atoms with Crippen LogP contribution in [0.15, 0.2) is 37.1 Å². The minimum absolute atomic E-state index is 0.994. The maximum atomic E-state index is 4.38. The molecule has 3 heteroatoms. The van der Waals surface area contributed by atoms with Crippen LogP contribution in [0.3, 0.4) is 0 Å². The highest BCUT2D eigenvalue weighted by atomic mass is 15.0. The molecule has 1 radical (unpaired) electrons. The number of imidazole rings is 1. The van der Waals surface area contributed by atoms with E-state index in [4.69, 9.17) is 0 Å². The summed E-state index contributed by atoms with van der Waals surface area (Å²) in [6.45, 7) is 3.12. The standard InChI is InChI=1S/C13H16N3/c1-2-3-4-8-16-10-13(15-11-16)12-6-5-7-14-9-12/h2,5-7,9-11H,3-4,8H2,1H3. The highest BCUT2D eigenvalue weighted by molar-refractivity contribution is 5.56. The van der Waals surface area contributed by atoms with Gasteiger partial charge in [0, 0.05) is 30.7 Å². The van der Waals surface area contributed by atoms with Crippen LogP contribution in [0.2, 0.25) is 0 Å². The predicted octanol–water partition coefficient (Wildman–Crippen LogP) is 2.95. The summed E-state index contributed by atoms with van der Waals surface area (Å²) in [5, 5.41) is 0. The van der Waals surface area contributed by atoms with Gasteiger partial charge in [-0.1, -0.05) is 6.92 Å². The van der Waals surface area contributed by atoms with Crippen molar-refractivity contribution >= 4 is 0 Å². The molecule has 83 valence electrons. The smallest absolute Gasteiger partial charge is 0.0953 e. The molecule has 16 heavy (non-hydrogen) atoms. The van der Waals surface area contributed by atoms with Gasteiger partial charge in [-0.15, -0.1) is 0 Å². The van der Waals surface area contributed by atoms with Crippen LogP contribution in [-0.4, -0.2) is 14.5 Å². The van der Waals surface area contributed by atoms with Crippen molar-refractivity contribution in [3.8, 4) is 11.3 Å². The third-order valence-corrected chi connectivity index (χ3v) is 2.50. The Labute approximate surface area is 96.2 Å². The third-order valence-electron chi connectivity index (χ3n) is 2.50. The predicted molar refractivity (Wildman–Crippen MR) is 64.7 cm³/mol. The van der Waals surface area contributed by atoms with Crippen molar-refractivity contribution in [2.45, 2.75) is 26.3 Å². The number of aryl methyl sites for hydroxylation is 1. The molecule has 0 aromatic carbocycles. The van der Waals surface area contributed by atoms with Gasteiger partial charge in [-0.25, -0.2) is 4.98 Å². The summed E-state index contributed by atoms with van der Waals surface area (Å²) < 4.78 is 2.13. The molecule has 0 saturated carbocycles. The number of unbranched alkanes of at least 4 members (excludes halogenated alkanes) is 2. The van der Waals surface area contributed by atoms with Crippen LogP contribution in [0.1, 0.15) is 19.8 Å². The van der Waals surface area contributed by atoms with Crippen molar-refractivity contribution in [3.05, 3.63) is 43.5 Å². The Balaban J connectivity index is 2.02. The van der Waals surface area contributed by atoms with E-state index in [0.717, 1.165) is 24.2 Å². The molecule has 0 saturated heterocycles. The van der Waals surface area contributed by atoms with E-state index in [1.165, 1.54) is 6.42 Å². The van der Waals surface area contributed by atoms with Crippen molar-refractivity contribution < 1.29 is 0 Å². The monoisotopic (exact) mass is 214 g/mol. The fourth-order valence-corrected chi connectivity index (χ4v) is 1.62. The Morgan fingerprint density at radius 2 is 2.38 bits per heavy atom. The van der Waals surface area contributed by atoms with E-state index in [9.17, 15) is 0 Å². The number of pyridine rings is 1. The maximum absolute atomic E-state index is 4.38. The van der Waals surface area contributed by atoms with Crippen LogP contribution in [0.5, 0.6) is 0 Å². The number of rotatable bonds is 5. The lowest BCUT2D eigenvalue weighted by atomic mass is 10.2. The second-order valence-electron chi connectivity index (χ2n) is 3.79. The van der Waals surface area contributed by atoms with Gasteiger partial charge in [0.25, 0.3) is 0 Å². The topological polar surface area (TPSA) is 30.7 Å². The number of hydrogen-bond donors (Lipinski definition) is 0. The zero-order valence-corrected chi connectivity index (χ0v) is 9.50. The van der Waals surface area contributed by atoms with Crippen LogP contribution >= 0.6 is 0 Å². The molecule has 2 aromatic rings. The van der Waals surface area contributed by atoms with Crippen LogP contribution in [0.4, 0.5) is 0 Å². The quantitative estimate of drug-likeness (QED) is 0.716. The molecule has 2 rings (SSSR count). The zero-order chi connectivity index (χ0) is 11.2. The molecule has 2 heterocycles. The largest absolute Gasteiger partial charge is 0.337 e. The van der Waals surface area contributed by atoms with E-state index in [0.29, 0.717) is 0 Å². The van der Waals surface area contributed by atoms with Gasteiger partial charge in [0.05, 0.1) is 12.0 Å². The first-order valence-electron chi connectivity index (χ1n) is 5.60. The fourth-order valence-electron chi connectivity index (χ4n) is 1.62. The summed E-state index contributed by atoms with van der Waals surface area (Å²) in [6.07, 6.45) is 12.1. The van der Waals surface area contributed by atoms with Gasteiger partial charge in [0.15, 0.2) is 0 Å². The zero-order valence-electron chi connectivity index (χ0n) is 9.50. The summed E-state index contributed by atoms with van der Waals surface area (Å²) in [7, 11) is 0. The van der Waals surface area contributed by atoms with E-state index in [2.05, 4.69) is 34.1 Å². The van der Waals surface area contributed by atoms with Crippen molar-refractivity contribution in [2.24, 2.45) is 0 Å². The van der Waals surface area contributed by atoms with Crippen molar-refractivity contribution in [1.29, 1.82) is 0 Å². The summed E-state index contributed by atoms with van der Waals surface area (Å²) in [5.74, 6) is 0. The molecule has 0 amide bonds. The van der Waals surface area contributed by atoms with Crippen LogP contribution in [-0.2, 0) is 6.54 Å². The van der Waals surface area contributed by atoms with E-state index >= 15 is 0 Å². The van der Waals surface area contributed by atoms with E-state index in [1.807, 2.05) is 24.7 Å². The molecule has 0 bridgehead atoms. The first kappa shape index (κ1) is 10.9. The number of nitrogens with zero attached hydrogens (tertiary/aromatic N) is 3. The van der Waals surface area contributed by atoms with Crippen molar-refractivity contribution in [3.63, 3.8) is 0 Å². The van der Waals surface area contributed by atoms with Gasteiger partial charge in [-0.05, 0) is 31.4 Å². The third kappa shape index (κ3) is 2.69. The van der Waals surface area contributed by atoms with E-state index in [1.54, 1.807) is 6.20 Å². The van der Waals surface area contributed by atoms with Crippen LogP contribution in [0.25, 0.3) is 11.3 Å². The Morgan fingerprint density at radius 3 is 3.12 bits per heavy atom. The maximum Gasteiger partial charge on any atom is 0.0953 e. The lowest BCUT2D eigenvalue weighted by Crippen LogP contribution is -1.93. The molecule has 0 aliphatic carbocycles. The van der Waals surface area contributed by atoms with Gasteiger partial charge in [0.1, 0.15) is 0 Å². The molecule has 0 atom stereocenters. The molecule has 0 N–H and O–H groups in total. The van der Waals surface area contributed by atoms with Gasteiger partial charge in [0.2, 0.25) is 0 Å². The first-order chi connectivity index (χ1) is 7.90. The Bertz CT molecular complexity index is 420.